The van der Waals surface area contributed by atoms with Gasteiger partial charge in [0.25, 0.3) is 0 Å². The molecule has 0 aromatic carbocycles. The van der Waals surface area contributed by atoms with Crippen molar-refractivity contribution in [2.24, 2.45) is 11.8 Å². The maximum absolute atomic E-state index is 2.36. The molecule has 0 N–H and O–H groups in total. The quantitative estimate of drug-likeness (QED) is 0.564. The van der Waals surface area contributed by atoms with Crippen molar-refractivity contribution in [3.8, 4) is 0 Å². The van der Waals surface area contributed by atoms with E-state index in [1.54, 1.807) is 0 Å². The molecule has 0 amide bonds. The molecule has 13 heavy (non-hydrogen) atoms. The lowest BCUT2D eigenvalue weighted by molar-refractivity contribution is 0.267. The van der Waals surface area contributed by atoms with Gasteiger partial charge < -0.3 is 0 Å². The molecule has 1 aliphatic rings. The van der Waals surface area contributed by atoms with Gasteiger partial charge in [-0.3, -0.25) is 0 Å². The van der Waals surface area contributed by atoms with Crippen LogP contribution in [0.15, 0.2) is 0 Å². The maximum Gasteiger partial charge on any atom is 0.133 e. The molecule has 1 saturated carbocycles. The molecule has 1 fully saturated rings. The first-order chi connectivity index (χ1) is 6.22. The lowest BCUT2D eigenvalue weighted by Gasteiger charge is -2.29. The Kier molecular flexibility index (Phi) is 4.91. The minimum atomic E-state index is 0.908. The average molecular weight is 180 g/mol. The van der Waals surface area contributed by atoms with Crippen LogP contribution >= 0.6 is 0 Å². The number of hydrogen-bond acceptors (Lipinski definition) is 0. The van der Waals surface area contributed by atoms with Crippen molar-refractivity contribution in [1.29, 1.82) is 0 Å². The molecule has 2 atom stereocenters. The van der Waals surface area contributed by atoms with Gasteiger partial charge >= 0.3 is 0 Å². The Morgan fingerprint density at radius 3 is 2.46 bits per heavy atom. The van der Waals surface area contributed by atoms with Gasteiger partial charge in [0.1, 0.15) is 6.71 Å². The Labute approximate surface area is 84.6 Å². The van der Waals surface area contributed by atoms with Crippen LogP contribution in [0.4, 0.5) is 0 Å². The van der Waals surface area contributed by atoms with Crippen LogP contribution in [0.25, 0.3) is 0 Å². The summed E-state index contributed by atoms with van der Waals surface area (Å²) < 4.78 is 0. The average Bonchev–Trinajstić information content (AvgIpc) is 2.04. The highest BCUT2D eigenvalue weighted by molar-refractivity contribution is 6.55. The predicted octanol–water partition coefficient (Wildman–Crippen LogP) is 4.35. The van der Waals surface area contributed by atoms with E-state index in [-0.39, 0.29) is 0 Å². The summed E-state index contributed by atoms with van der Waals surface area (Å²) in [5.41, 5.74) is 0. The molecule has 0 aliphatic heterocycles. The third-order valence-corrected chi connectivity index (χ3v) is 3.39. The highest BCUT2D eigenvalue weighted by Gasteiger charge is 2.22. The zero-order valence-electron chi connectivity index (χ0n) is 9.68. The summed E-state index contributed by atoms with van der Waals surface area (Å²) in [5.74, 6) is 2.13. The summed E-state index contributed by atoms with van der Waals surface area (Å²) in [6, 6.07) is 0. The highest BCUT2D eigenvalue weighted by atomic mass is 14.2. The molecule has 0 nitrogen and oxygen atoms in total. The van der Waals surface area contributed by atoms with Gasteiger partial charge in [0, 0.05) is 0 Å². The van der Waals surface area contributed by atoms with Crippen LogP contribution in [0.2, 0.25) is 20.0 Å². The second kappa shape index (κ2) is 5.72. The monoisotopic (exact) mass is 180 g/mol. The van der Waals surface area contributed by atoms with Crippen molar-refractivity contribution >= 4 is 6.71 Å². The lowest BCUT2D eigenvalue weighted by atomic mass is 9.48. The van der Waals surface area contributed by atoms with E-state index < -0.39 is 0 Å². The minimum absolute atomic E-state index is 0.908. The zero-order valence-corrected chi connectivity index (χ0v) is 9.68. The molecule has 1 aliphatic carbocycles. The molecule has 0 radical (unpaired) electrons. The van der Waals surface area contributed by atoms with E-state index in [0.29, 0.717) is 0 Å². The van der Waals surface area contributed by atoms with E-state index in [1.165, 1.54) is 44.8 Å². The molecule has 0 saturated heterocycles. The number of rotatable bonds is 4. The summed E-state index contributed by atoms with van der Waals surface area (Å²) in [7, 11) is 0. The van der Waals surface area contributed by atoms with Gasteiger partial charge in [0.15, 0.2) is 0 Å². The van der Waals surface area contributed by atoms with Crippen molar-refractivity contribution in [3.63, 3.8) is 0 Å². The van der Waals surface area contributed by atoms with Crippen LogP contribution in [-0.4, -0.2) is 6.71 Å². The van der Waals surface area contributed by atoms with Crippen LogP contribution < -0.4 is 0 Å². The van der Waals surface area contributed by atoms with Crippen molar-refractivity contribution in [2.45, 2.75) is 65.4 Å². The van der Waals surface area contributed by atoms with E-state index in [2.05, 4.69) is 20.6 Å². The molecule has 0 aromatic rings. The fourth-order valence-electron chi connectivity index (χ4n) is 2.95. The molecular weight excluding hydrogens is 155 g/mol. The van der Waals surface area contributed by atoms with E-state index in [0.717, 1.165) is 18.5 Å². The summed E-state index contributed by atoms with van der Waals surface area (Å²) >= 11 is 0. The fourth-order valence-corrected chi connectivity index (χ4v) is 2.95. The standard InChI is InChI=1S/C12H25B/c1-4-6-11-7-5-8-12(9-11)10-13(2)3/h11-12H,4-10H2,1-3H3. The topological polar surface area (TPSA) is 0 Å². The van der Waals surface area contributed by atoms with Crippen molar-refractivity contribution in [3.05, 3.63) is 0 Å². The van der Waals surface area contributed by atoms with Crippen molar-refractivity contribution < 1.29 is 0 Å². The van der Waals surface area contributed by atoms with Crippen LogP contribution in [-0.2, 0) is 0 Å². The fraction of sp³-hybridized carbons (Fsp3) is 1.00. The van der Waals surface area contributed by atoms with Gasteiger partial charge in [0.05, 0.1) is 0 Å². The predicted molar refractivity (Wildman–Crippen MR) is 62.6 cm³/mol. The summed E-state index contributed by atoms with van der Waals surface area (Å²) in [6.45, 7) is 7.96. The van der Waals surface area contributed by atoms with Gasteiger partial charge in [-0.2, -0.15) is 0 Å². The number of hydrogen-bond donors (Lipinski definition) is 0. The highest BCUT2D eigenvalue weighted by Crippen LogP contribution is 2.34. The Morgan fingerprint density at radius 1 is 1.15 bits per heavy atom. The molecule has 76 valence electrons. The SMILES string of the molecule is CCCC1CCCC(CB(C)C)C1. The largest absolute Gasteiger partial charge is 0.133 e. The van der Waals surface area contributed by atoms with Crippen LogP contribution in [0.3, 0.4) is 0 Å². The molecule has 1 heteroatoms. The Balaban J connectivity index is 2.24. The van der Waals surface area contributed by atoms with Gasteiger partial charge in [0.2, 0.25) is 0 Å². The summed E-state index contributed by atoms with van der Waals surface area (Å²) in [6.07, 6.45) is 10.4. The summed E-state index contributed by atoms with van der Waals surface area (Å²) in [5, 5.41) is 0. The van der Waals surface area contributed by atoms with Crippen LogP contribution in [0.5, 0.6) is 0 Å². The van der Waals surface area contributed by atoms with E-state index in [4.69, 9.17) is 0 Å². The van der Waals surface area contributed by atoms with Crippen molar-refractivity contribution in [2.75, 3.05) is 0 Å². The molecule has 0 aromatic heterocycles. The maximum atomic E-state index is 2.36. The van der Waals surface area contributed by atoms with E-state index >= 15 is 0 Å². The normalized spacial score (nSPS) is 28.8. The van der Waals surface area contributed by atoms with E-state index in [1.807, 2.05) is 0 Å². The second-order valence-electron chi connectivity index (χ2n) is 5.32. The van der Waals surface area contributed by atoms with Crippen molar-refractivity contribution in [1.82, 2.24) is 0 Å². The first-order valence-corrected chi connectivity index (χ1v) is 6.22. The smallest absolute Gasteiger partial charge is 0.0863 e. The molecule has 0 spiro atoms. The van der Waals surface area contributed by atoms with Crippen LogP contribution in [0, 0.1) is 11.8 Å². The first-order valence-electron chi connectivity index (χ1n) is 6.22. The zero-order chi connectivity index (χ0) is 9.68. The van der Waals surface area contributed by atoms with E-state index in [9.17, 15) is 0 Å². The molecule has 0 bridgehead atoms. The molecule has 2 unspecified atom stereocenters. The third-order valence-electron chi connectivity index (χ3n) is 3.39. The first kappa shape index (κ1) is 11.1. The Morgan fingerprint density at radius 2 is 1.85 bits per heavy atom. The Bertz CT molecular complexity index is 129. The molecule has 0 heterocycles. The minimum Gasteiger partial charge on any atom is -0.0863 e. The van der Waals surface area contributed by atoms with Gasteiger partial charge in [-0.05, 0) is 18.3 Å². The lowest BCUT2D eigenvalue weighted by Crippen LogP contribution is -2.18. The third kappa shape index (κ3) is 4.20. The van der Waals surface area contributed by atoms with Gasteiger partial charge in [-0.25, -0.2) is 0 Å². The van der Waals surface area contributed by atoms with Gasteiger partial charge in [-0.1, -0.05) is 59.0 Å². The second-order valence-corrected chi connectivity index (χ2v) is 5.32. The Hall–Kier alpha value is 0.0649. The van der Waals surface area contributed by atoms with Crippen LogP contribution in [0.1, 0.15) is 45.4 Å². The summed E-state index contributed by atoms with van der Waals surface area (Å²) in [4.78, 5) is 0. The molecular formula is C12H25B. The molecule has 1 rings (SSSR count). The van der Waals surface area contributed by atoms with Gasteiger partial charge in [-0.15, -0.1) is 0 Å².